The van der Waals surface area contributed by atoms with Crippen LogP contribution in [0.15, 0.2) is 36.7 Å². The van der Waals surface area contributed by atoms with Crippen LogP contribution in [0, 0.1) is 12.7 Å². The van der Waals surface area contributed by atoms with E-state index < -0.39 is 11.7 Å². The molecule has 1 aromatic carbocycles. The van der Waals surface area contributed by atoms with Crippen molar-refractivity contribution in [3.05, 3.63) is 53.9 Å². The van der Waals surface area contributed by atoms with E-state index in [1.807, 2.05) is 11.5 Å². The highest BCUT2D eigenvalue weighted by Crippen LogP contribution is 2.31. The van der Waals surface area contributed by atoms with Crippen LogP contribution in [0.3, 0.4) is 0 Å². The van der Waals surface area contributed by atoms with Crippen molar-refractivity contribution in [2.45, 2.75) is 38.2 Å². The minimum atomic E-state index is -2.65. The number of aromatic nitrogens is 4. The van der Waals surface area contributed by atoms with Crippen molar-refractivity contribution in [3.63, 3.8) is 0 Å². The molecule has 202 valence electrons. The highest BCUT2D eigenvalue weighted by Gasteiger charge is 2.37. The monoisotopic (exact) mass is 529 g/mol. The Hall–Kier alpha value is -3.51. The minimum Gasteiger partial charge on any atom is -0.381 e. The van der Waals surface area contributed by atoms with Crippen LogP contribution in [-0.4, -0.2) is 75.6 Å². The number of hydrogen-bond donors (Lipinski definition) is 2. The summed E-state index contributed by atoms with van der Waals surface area (Å²) >= 11 is 0. The standard InChI is InChI=1S/C26H30F3N7O2/c1-17-31-15-22(36(17)20-6-12-38-13-7-20)23-21(27)14-32-25(34-23)33-19-4-2-18(3-5-19)24(37)30-9-11-35-10-8-26(28,29)16-35/h2-5,14-15,20H,6-13,16H2,1H3,(H,30,37)(H,32,33,34). The van der Waals surface area contributed by atoms with Crippen LogP contribution >= 0.6 is 0 Å². The molecular weight excluding hydrogens is 499 g/mol. The maximum Gasteiger partial charge on any atom is 0.261 e. The van der Waals surface area contributed by atoms with Crippen molar-refractivity contribution in [1.29, 1.82) is 0 Å². The molecule has 12 heteroatoms. The van der Waals surface area contributed by atoms with Crippen LogP contribution in [0.4, 0.5) is 24.8 Å². The zero-order valence-electron chi connectivity index (χ0n) is 21.1. The van der Waals surface area contributed by atoms with Gasteiger partial charge >= 0.3 is 0 Å². The van der Waals surface area contributed by atoms with Gasteiger partial charge in [-0.2, -0.15) is 0 Å². The van der Waals surface area contributed by atoms with Crippen LogP contribution in [0.25, 0.3) is 11.4 Å². The number of alkyl halides is 2. The molecule has 0 spiro atoms. The summed E-state index contributed by atoms with van der Waals surface area (Å²) in [6, 6.07) is 6.81. The van der Waals surface area contributed by atoms with Crippen LogP contribution in [0.5, 0.6) is 0 Å². The van der Waals surface area contributed by atoms with Gasteiger partial charge in [-0.15, -0.1) is 0 Å². The summed E-state index contributed by atoms with van der Waals surface area (Å²) in [7, 11) is 0. The third-order valence-electron chi connectivity index (χ3n) is 6.89. The highest BCUT2D eigenvalue weighted by molar-refractivity contribution is 5.94. The van der Waals surface area contributed by atoms with Gasteiger partial charge in [0, 0.05) is 56.6 Å². The molecule has 0 radical (unpaired) electrons. The fourth-order valence-corrected chi connectivity index (χ4v) is 4.90. The molecule has 2 aliphatic rings. The van der Waals surface area contributed by atoms with Crippen molar-refractivity contribution in [3.8, 4) is 11.4 Å². The van der Waals surface area contributed by atoms with E-state index in [2.05, 4.69) is 25.6 Å². The number of ether oxygens (including phenoxy) is 1. The Bertz CT molecular complexity index is 1280. The third-order valence-corrected chi connectivity index (χ3v) is 6.89. The lowest BCUT2D eigenvalue weighted by Gasteiger charge is -2.26. The Kier molecular flexibility index (Phi) is 7.61. The minimum absolute atomic E-state index is 0.145. The van der Waals surface area contributed by atoms with Gasteiger partial charge in [0.1, 0.15) is 11.5 Å². The van der Waals surface area contributed by atoms with Crippen LogP contribution in [0.2, 0.25) is 0 Å². The van der Waals surface area contributed by atoms with E-state index >= 15 is 0 Å². The first-order valence-electron chi connectivity index (χ1n) is 12.7. The molecule has 38 heavy (non-hydrogen) atoms. The average Bonchev–Trinajstić information content (AvgIpc) is 3.47. The van der Waals surface area contributed by atoms with E-state index in [1.165, 1.54) is 0 Å². The Balaban J connectivity index is 1.22. The maximum absolute atomic E-state index is 14.8. The molecule has 2 aliphatic heterocycles. The summed E-state index contributed by atoms with van der Waals surface area (Å²) in [5.74, 6) is -2.50. The lowest BCUT2D eigenvalue weighted by molar-refractivity contribution is 0.0124. The number of imidazole rings is 1. The largest absolute Gasteiger partial charge is 0.381 e. The molecule has 2 fully saturated rings. The highest BCUT2D eigenvalue weighted by atomic mass is 19.3. The van der Waals surface area contributed by atoms with Crippen molar-refractivity contribution in [2.24, 2.45) is 0 Å². The van der Waals surface area contributed by atoms with E-state index in [-0.39, 0.29) is 43.1 Å². The van der Waals surface area contributed by atoms with Crippen molar-refractivity contribution in [2.75, 3.05) is 44.7 Å². The first-order chi connectivity index (χ1) is 18.3. The summed E-state index contributed by atoms with van der Waals surface area (Å²) in [6.07, 6.45) is 4.24. The van der Waals surface area contributed by atoms with Gasteiger partial charge in [-0.1, -0.05) is 0 Å². The Morgan fingerprint density at radius 1 is 1.16 bits per heavy atom. The topological polar surface area (TPSA) is 97.2 Å². The molecular formula is C26H30F3N7O2. The number of hydrogen-bond acceptors (Lipinski definition) is 7. The van der Waals surface area contributed by atoms with Gasteiger partial charge < -0.3 is 19.9 Å². The number of carbonyl (C=O) groups is 1. The zero-order valence-corrected chi connectivity index (χ0v) is 21.1. The number of likely N-dealkylation sites (tertiary alicyclic amines) is 1. The number of anilines is 2. The summed E-state index contributed by atoms with van der Waals surface area (Å²) < 4.78 is 48.9. The second-order valence-electron chi connectivity index (χ2n) is 9.63. The number of amides is 1. The first-order valence-corrected chi connectivity index (χ1v) is 12.7. The van der Waals surface area contributed by atoms with E-state index in [0.29, 0.717) is 43.2 Å². The van der Waals surface area contributed by atoms with Crippen LogP contribution in [-0.2, 0) is 4.74 Å². The van der Waals surface area contributed by atoms with Gasteiger partial charge in [0.25, 0.3) is 11.8 Å². The summed E-state index contributed by atoms with van der Waals surface area (Å²) in [5, 5.41) is 5.81. The van der Waals surface area contributed by atoms with Gasteiger partial charge in [0.05, 0.1) is 24.6 Å². The van der Waals surface area contributed by atoms with E-state index in [4.69, 9.17) is 4.74 Å². The molecule has 0 aliphatic carbocycles. The quantitative estimate of drug-likeness (QED) is 0.456. The average molecular weight is 530 g/mol. The van der Waals surface area contributed by atoms with E-state index in [9.17, 15) is 18.0 Å². The normalized spacial score (nSPS) is 18.0. The number of carbonyl (C=O) groups excluding carboxylic acids is 1. The van der Waals surface area contributed by atoms with Gasteiger partial charge in [-0.05, 0) is 44.0 Å². The van der Waals surface area contributed by atoms with Gasteiger partial charge in [-0.25, -0.2) is 28.1 Å². The number of rotatable bonds is 8. The predicted octanol–water partition coefficient (Wildman–Crippen LogP) is 3.95. The fourth-order valence-electron chi connectivity index (χ4n) is 4.90. The molecule has 9 nitrogen and oxygen atoms in total. The molecule has 4 heterocycles. The second-order valence-corrected chi connectivity index (χ2v) is 9.63. The Morgan fingerprint density at radius 3 is 2.63 bits per heavy atom. The zero-order chi connectivity index (χ0) is 26.7. The molecule has 0 saturated carbocycles. The van der Waals surface area contributed by atoms with Gasteiger partial charge in [0.2, 0.25) is 5.95 Å². The molecule has 0 unspecified atom stereocenters. The number of nitrogens with one attached hydrogen (secondary N) is 2. The van der Waals surface area contributed by atoms with E-state index in [1.54, 1.807) is 35.4 Å². The molecule has 3 aromatic rings. The molecule has 0 atom stereocenters. The predicted molar refractivity (Wildman–Crippen MR) is 135 cm³/mol. The fraction of sp³-hybridized carbons (Fsp3) is 0.462. The van der Waals surface area contributed by atoms with Crippen LogP contribution in [0.1, 0.15) is 41.5 Å². The summed E-state index contributed by atoms with van der Waals surface area (Å²) in [6.45, 7) is 3.89. The lowest BCUT2D eigenvalue weighted by atomic mass is 10.1. The molecule has 2 saturated heterocycles. The maximum atomic E-state index is 14.8. The second kappa shape index (κ2) is 11.1. The number of aryl methyl sites for hydroxylation is 1. The number of nitrogens with zero attached hydrogens (tertiary/aromatic N) is 5. The molecule has 2 N–H and O–H groups in total. The number of halogens is 3. The Morgan fingerprint density at radius 2 is 1.92 bits per heavy atom. The van der Waals surface area contributed by atoms with Gasteiger partial charge in [-0.3, -0.25) is 9.69 Å². The van der Waals surface area contributed by atoms with Crippen LogP contribution < -0.4 is 10.6 Å². The van der Waals surface area contributed by atoms with Crippen molar-refractivity contribution < 1.29 is 22.7 Å². The van der Waals surface area contributed by atoms with E-state index in [0.717, 1.165) is 24.9 Å². The Labute approximate surface area is 218 Å². The van der Waals surface area contributed by atoms with Crippen molar-refractivity contribution in [1.82, 2.24) is 29.7 Å². The molecule has 0 bridgehead atoms. The van der Waals surface area contributed by atoms with Gasteiger partial charge in [0.15, 0.2) is 5.82 Å². The SMILES string of the molecule is Cc1ncc(-c2nc(Nc3ccc(C(=O)NCCN4CCC(F)(F)C4)cc3)ncc2F)n1C1CCOCC1. The molecule has 2 aromatic heterocycles. The smallest absolute Gasteiger partial charge is 0.261 e. The molecule has 5 rings (SSSR count). The summed E-state index contributed by atoms with van der Waals surface area (Å²) in [5.41, 5.74) is 1.79. The lowest BCUT2D eigenvalue weighted by Crippen LogP contribution is -2.35. The first kappa shape index (κ1) is 26.1. The molecule has 1 amide bonds. The number of benzene rings is 1. The summed E-state index contributed by atoms with van der Waals surface area (Å²) in [4.78, 5) is 27.0. The van der Waals surface area contributed by atoms with Crippen molar-refractivity contribution >= 4 is 17.5 Å². The third kappa shape index (κ3) is 5.97.